The van der Waals surface area contributed by atoms with E-state index in [1.165, 1.54) is 179 Å². The quantitative estimate of drug-likeness (QED) is 0.0596. The summed E-state index contributed by atoms with van der Waals surface area (Å²) in [7, 11) is 0. The maximum atomic E-state index is 11.9. The van der Waals surface area contributed by atoms with Gasteiger partial charge >= 0.3 is 5.97 Å². The summed E-state index contributed by atoms with van der Waals surface area (Å²) < 4.78 is 5.43. The van der Waals surface area contributed by atoms with Crippen molar-refractivity contribution < 1.29 is 9.53 Å². The molecule has 0 fully saturated rings. The third-order valence-electron chi connectivity index (χ3n) is 7.85. The molecule has 0 aromatic heterocycles. The van der Waals surface area contributed by atoms with E-state index < -0.39 is 0 Å². The summed E-state index contributed by atoms with van der Waals surface area (Å²) in [6.07, 6.45) is 39.4. The van der Waals surface area contributed by atoms with Crippen molar-refractivity contribution in [3.05, 3.63) is 0 Å². The summed E-state index contributed by atoms with van der Waals surface area (Å²) in [6, 6.07) is 0. The van der Waals surface area contributed by atoms with Gasteiger partial charge in [-0.15, -0.1) is 0 Å². The lowest BCUT2D eigenvalue weighted by molar-refractivity contribution is -0.143. The Morgan fingerprint density at radius 2 is 0.737 bits per heavy atom. The van der Waals surface area contributed by atoms with Gasteiger partial charge in [0.1, 0.15) is 0 Å². The molecule has 2 nitrogen and oxygen atoms in total. The van der Waals surface area contributed by atoms with Gasteiger partial charge < -0.3 is 4.74 Å². The maximum Gasteiger partial charge on any atom is 0.306 e. The molecule has 0 spiro atoms. The number of carbonyl (C=O) groups excluding carboxylic acids is 1. The summed E-state index contributed by atoms with van der Waals surface area (Å²) in [4.78, 5) is 11.9. The van der Waals surface area contributed by atoms with E-state index in [2.05, 4.69) is 13.8 Å². The normalized spacial score (nSPS) is 11.3. The van der Waals surface area contributed by atoms with Gasteiger partial charge in [-0.2, -0.15) is 11.8 Å². The molecule has 0 aliphatic rings. The van der Waals surface area contributed by atoms with Gasteiger partial charge in [0.2, 0.25) is 0 Å². The van der Waals surface area contributed by atoms with Crippen molar-refractivity contribution in [1.29, 1.82) is 0 Å². The minimum absolute atomic E-state index is 0.00762. The van der Waals surface area contributed by atoms with E-state index >= 15 is 0 Å². The van der Waals surface area contributed by atoms with Gasteiger partial charge in [-0.25, -0.2) is 0 Å². The van der Waals surface area contributed by atoms with Crippen LogP contribution in [-0.2, 0) is 9.53 Å². The number of esters is 1. The average molecular weight is 555 g/mol. The largest absolute Gasteiger partial charge is 0.466 e. The van der Waals surface area contributed by atoms with E-state index in [4.69, 9.17) is 4.74 Å². The first-order valence-corrected chi connectivity index (χ1v) is 18.7. The second-order valence-corrected chi connectivity index (χ2v) is 13.0. The van der Waals surface area contributed by atoms with Crippen LogP contribution < -0.4 is 0 Å². The van der Waals surface area contributed by atoms with Crippen molar-refractivity contribution in [2.45, 2.75) is 200 Å². The van der Waals surface area contributed by atoms with Crippen molar-refractivity contribution >= 4 is 17.7 Å². The second-order valence-electron chi connectivity index (χ2n) is 11.8. The van der Waals surface area contributed by atoms with Crippen LogP contribution in [0, 0.1) is 0 Å². The molecule has 0 rings (SSSR count). The molecule has 0 amide bonds. The van der Waals surface area contributed by atoms with Gasteiger partial charge in [-0.1, -0.05) is 181 Å². The summed E-state index contributed by atoms with van der Waals surface area (Å²) in [5, 5.41) is 0. The maximum absolute atomic E-state index is 11.9. The molecule has 0 atom stereocenters. The summed E-state index contributed by atoms with van der Waals surface area (Å²) in [5.41, 5.74) is 0. The van der Waals surface area contributed by atoms with Crippen LogP contribution in [0.15, 0.2) is 0 Å². The van der Waals surface area contributed by atoms with E-state index in [1.807, 2.05) is 11.8 Å². The highest BCUT2D eigenvalue weighted by Crippen LogP contribution is 2.15. The van der Waals surface area contributed by atoms with Crippen LogP contribution in [0.4, 0.5) is 0 Å². The molecule has 0 aliphatic carbocycles. The minimum atomic E-state index is 0.00762. The molecule has 0 aromatic rings. The Morgan fingerprint density at radius 1 is 0.421 bits per heavy atom. The van der Waals surface area contributed by atoms with Gasteiger partial charge in [0, 0.05) is 5.75 Å². The lowest BCUT2D eigenvalue weighted by Gasteiger charge is -2.06. The third kappa shape index (κ3) is 33.8. The van der Waals surface area contributed by atoms with E-state index in [-0.39, 0.29) is 5.97 Å². The Balaban J connectivity index is 3.14. The second kappa shape index (κ2) is 34.8. The van der Waals surface area contributed by atoms with Crippen LogP contribution >= 0.6 is 11.8 Å². The topological polar surface area (TPSA) is 26.3 Å². The zero-order valence-electron chi connectivity index (χ0n) is 26.4. The van der Waals surface area contributed by atoms with Gasteiger partial charge in [0.05, 0.1) is 13.0 Å². The number of thioether (sulfide) groups is 1. The van der Waals surface area contributed by atoms with Crippen LogP contribution in [0.5, 0.6) is 0 Å². The van der Waals surface area contributed by atoms with Crippen molar-refractivity contribution in [2.75, 3.05) is 18.1 Å². The first kappa shape index (κ1) is 37.8. The molecule has 0 unspecified atom stereocenters. The minimum Gasteiger partial charge on any atom is -0.466 e. The van der Waals surface area contributed by atoms with Crippen LogP contribution in [0.2, 0.25) is 0 Å². The standard InChI is InChI=1S/C35H70O2S/c1-3-5-7-9-11-13-15-17-18-19-21-23-25-27-29-32-37-35(36)31-34-38-33-30-28-26-24-22-20-16-14-12-10-8-6-4-2/h3-34H2,1-2H3. The molecule has 0 saturated carbocycles. The zero-order valence-corrected chi connectivity index (χ0v) is 27.2. The highest BCUT2D eigenvalue weighted by atomic mass is 32.2. The molecule has 38 heavy (non-hydrogen) atoms. The Morgan fingerprint density at radius 3 is 1.11 bits per heavy atom. The predicted molar refractivity (Wildman–Crippen MR) is 174 cm³/mol. The molecule has 0 N–H and O–H groups in total. The molecule has 0 saturated heterocycles. The molecule has 0 heterocycles. The summed E-state index contributed by atoms with van der Waals surface area (Å²) in [5.74, 6) is 2.13. The number of ether oxygens (including phenoxy) is 1. The molecular formula is C35H70O2S. The molecule has 3 heteroatoms. The van der Waals surface area contributed by atoms with Crippen molar-refractivity contribution in [1.82, 2.24) is 0 Å². The number of carbonyl (C=O) groups is 1. The fraction of sp³-hybridized carbons (Fsp3) is 0.971. The van der Waals surface area contributed by atoms with E-state index in [1.54, 1.807) is 0 Å². The van der Waals surface area contributed by atoms with Crippen LogP contribution in [0.3, 0.4) is 0 Å². The molecule has 228 valence electrons. The Hall–Kier alpha value is -0.180. The average Bonchev–Trinajstić information content (AvgIpc) is 2.92. The zero-order chi connectivity index (χ0) is 27.6. The van der Waals surface area contributed by atoms with Crippen molar-refractivity contribution in [2.24, 2.45) is 0 Å². The summed E-state index contributed by atoms with van der Waals surface area (Å²) >= 11 is 1.93. The molecule has 0 aliphatic heterocycles. The van der Waals surface area contributed by atoms with E-state index in [9.17, 15) is 4.79 Å². The smallest absolute Gasteiger partial charge is 0.306 e. The first-order chi connectivity index (χ1) is 18.8. The molecule has 0 aromatic carbocycles. The number of unbranched alkanes of at least 4 members (excludes halogenated alkanes) is 26. The first-order valence-electron chi connectivity index (χ1n) is 17.5. The van der Waals surface area contributed by atoms with Gasteiger partial charge in [-0.05, 0) is 18.6 Å². The fourth-order valence-corrected chi connectivity index (χ4v) is 6.13. The number of rotatable bonds is 33. The van der Waals surface area contributed by atoms with Crippen molar-refractivity contribution in [3.63, 3.8) is 0 Å². The highest BCUT2D eigenvalue weighted by molar-refractivity contribution is 7.99. The fourth-order valence-electron chi connectivity index (χ4n) is 5.21. The number of hydrogen-bond acceptors (Lipinski definition) is 3. The van der Waals surface area contributed by atoms with Crippen molar-refractivity contribution in [3.8, 4) is 0 Å². The third-order valence-corrected chi connectivity index (χ3v) is 8.92. The summed E-state index contributed by atoms with van der Waals surface area (Å²) in [6.45, 7) is 5.20. The van der Waals surface area contributed by atoms with E-state index in [0.29, 0.717) is 13.0 Å². The van der Waals surface area contributed by atoms with E-state index in [0.717, 1.165) is 12.2 Å². The Labute approximate surface area is 245 Å². The highest BCUT2D eigenvalue weighted by Gasteiger charge is 2.03. The Bertz CT molecular complexity index is 402. The van der Waals surface area contributed by atoms with Crippen LogP contribution in [-0.4, -0.2) is 24.1 Å². The monoisotopic (exact) mass is 555 g/mol. The lowest BCUT2D eigenvalue weighted by atomic mass is 10.0. The SMILES string of the molecule is CCCCCCCCCCCCCCCCCOC(=O)CCSCCCCCCCCCCCCCCC. The van der Waals surface area contributed by atoms with Gasteiger partial charge in [0.25, 0.3) is 0 Å². The van der Waals surface area contributed by atoms with Gasteiger partial charge in [0.15, 0.2) is 0 Å². The Kier molecular flexibility index (Phi) is 34.7. The molecule has 0 bridgehead atoms. The number of hydrogen-bond donors (Lipinski definition) is 0. The van der Waals surface area contributed by atoms with Crippen LogP contribution in [0.25, 0.3) is 0 Å². The van der Waals surface area contributed by atoms with Crippen LogP contribution in [0.1, 0.15) is 200 Å². The predicted octanol–water partition coefficient (Wildman–Crippen LogP) is 12.6. The molecular weight excluding hydrogens is 484 g/mol. The van der Waals surface area contributed by atoms with Gasteiger partial charge in [-0.3, -0.25) is 4.79 Å². The lowest BCUT2D eigenvalue weighted by Crippen LogP contribution is -2.07. The molecule has 0 radical (unpaired) electrons.